The Bertz CT molecular complexity index is 1050. The van der Waals surface area contributed by atoms with Crippen molar-refractivity contribution in [2.24, 2.45) is 0 Å². The van der Waals surface area contributed by atoms with Gasteiger partial charge in [0.05, 0.1) is 11.6 Å². The third-order valence-electron chi connectivity index (χ3n) is 4.81. The van der Waals surface area contributed by atoms with Crippen LogP contribution in [-0.2, 0) is 4.79 Å². The SMILES string of the molecule is N#Cc1ccc(-c2nccnc2SC2(C(=O)O)CCC2)c2ccccc12. The van der Waals surface area contributed by atoms with Gasteiger partial charge in [0, 0.05) is 23.3 Å². The van der Waals surface area contributed by atoms with E-state index in [-0.39, 0.29) is 0 Å². The normalized spacial score (nSPS) is 15.2. The highest BCUT2D eigenvalue weighted by Crippen LogP contribution is 2.49. The van der Waals surface area contributed by atoms with E-state index in [4.69, 9.17) is 0 Å². The summed E-state index contributed by atoms with van der Waals surface area (Å²) >= 11 is 1.29. The summed E-state index contributed by atoms with van der Waals surface area (Å²) in [6, 6.07) is 13.5. The largest absolute Gasteiger partial charge is 0.480 e. The van der Waals surface area contributed by atoms with Gasteiger partial charge in [-0.3, -0.25) is 9.78 Å². The lowest BCUT2D eigenvalue weighted by molar-refractivity contribution is -0.142. The zero-order valence-electron chi connectivity index (χ0n) is 13.8. The van der Waals surface area contributed by atoms with Crippen molar-refractivity contribution in [3.8, 4) is 17.3 Å². The number of nitrogens with zero attached hydrogens (tertiary/aromatic N) is 3. The van der Waals surface area contributed by atoms with Crippen molar-refractivity contribution in [3.63, 3.8) is 0 Å². The summed E-state index contributed by atoms with van der Waals surface area (Å²) < 4.78 is -0.812. The van der Waals surface area contributed by atoms with Gasteiger partial charge in [0.15, 0.2) is 0 Å². The first kappa shape index (κ1) is 16.6. The molecule has 0 unspecified atom stereocenters. The second-order valence-corrected chi connectivity index (χ2v) is 7.66. The molecule has 26 heavy (non-hydrogen) atoms. The molecule has 1 aliphatic rings. The molecule has 5 nitrogen and oxygen atoms in total. The van der Waals surface area contributed by atoms with Gasteiger partial charge in [0.25, 0.3) is 0 Å². The van der Waals surface area contributed by atoms with E-state index in [9.17, 15) is 15.2 Å². The number of fused-ring (bicyclic) bond motifs is 1. The van der Waals surface area contributed by atoms with Crippen LogP contribution >= 0.6 is 11.8 Å². The van der Waals surface area contributed by atoms with Gasteiger partial charge < -0.3 is 5.11 Å². The van der Waals surface area contributed by atoms with Crippen LogP contribution in [0.25, 0.3) is 22.0 Å². The number of aliphatic carboxylic acids is 1. The van der Waals surface area contributed by atoms with E-state index in [0.29, 0.717) is 29.1 Å². The maximum Gasteiger partial charge on any atom is 0.320 e. The van der Waals surface area contributed by atoms with Crippen LogP contribution in [0.15, 0.2) is 53.8 Å². The molecular formula is C20H15N3O2S. The number of hydrogen-bond donors (Lipinski definition) is 1. The Morgan fingerprint density at radius 2 is 1.85 bits per heavy atom. The minimum absolute atomic E-state index is 0.600. The Labute approximate surface area is 154 Å². The monoisotopic (exact) mass is 361 g/mol. The van der Waals surface area contributed by atoms with Crippen molar-refractivity contribution in [2.45, 2.75) is 29.0 Å². The zero-order valence-corrected chi connectivity index (χ0v) is 14.7. The molecule has 0 spiro atoms. The summed E-state index contributed by atoms with van der Waals surface area (Å²) in [6.45, 7) is 0. The molecule has 1 aliphatic carbocycles. The van der Waals surface area contributed by atoms with Crippen LogP contribution in [0, 0.1) is 11.3 Å². The van der Waals surface area contributed by atoms with Crippen molar-refractivity contribution in [3.05, 3.63) is 54.4 Å². The Kier molecular flexibility index (Phi) is 4.09. The number of rotatable bonds is 4. The van der Waals surface area contributed by atoms with Gasteiger partial charge >= 0.3 is 5.97 Å². The number of nitriles is 1. The molecule has 2 aromatic carbocycles. The van der Waals surface area contributed by atoms with Crippen molar-refractivity contribution in [1.82, 2.24) is 9.97 Å². The van der Waals surface area contributed by atoms with Crippen LogP contribution in [0.5, 0.6) is 0 Å². The highest BCUT2D eigenvalue weighted by Gasteiger charge is 2.46. The maximum atomic E-state index is 11.7. The molecule has 6 heteroatoms. The van der Waals surface area contributed by atoms with Crippen molar-refractivity contribution in [2.75, 3.05) is 0 Å². The lowest BCUT2D eigenvalue weighted by atomic mass is 9.84. The number of carbonyl (C=O) groups is 1. The minimum Gasteiger partial charge on any atom is -0.480 e. The van der Waals surface area contributed by atoms with Gasteiger partial charge in [-0.15, -0.1) is 0 Å². The van der Waals surface area contributed by atoms with Gasteiger partial charge in [-0.2, -0.15) is 5.26 Å². The summed E-state index contributed by atoms with van der Waals surface area (Å²) in [7, 11) is 0. The molecule has 3 aromatic rings. The number of thioether (sulfide) groups is 1. The standard InChI is InChI=1S/C20H15N3O2S/c21-12-13-6-7-16(15-5-2-1-4-14(13)15)17-18(23-11-10-22-17)26-20(19(24)25)8-3-9-20/h1-2,4-7,10-11H,3,8-9H2,(H,24,25). The highest BCUT2D eigenvalue weighted by molar-refractivity contribution is 8.01. The summed E-state index contributed by atoms with van der Waals surface area (Å²) in [6.07, 6.45) is 5.38. The van der Waals surface area contributed by atoms with Crippen molar-refractivity contribution >= 4 is 28.5 Å². The van der Waals surface area contributed by atoms with Crippen molar-refractivity contribution in [1.29, 1.82) is 5.26 Å². The summed E-state index contributed by atoms with van der Waals surface area (Å²) in [4.78, 5) is 20.7. The molecule has 0 radical (unpaired) electrons. The van der Waals surface area contributed by atoms with Crippen LogP contribution in [0.3, 0.4) is 0 Å². The first-order valence-corrected chi connectivity index (χ1v) is 9.12. The molecule has 1 aromatic heterocycles. The van der Waals surface area contributed by atoms with E-state index in [1.807, 2.05) is 30.3 Å². The number of benzene rings is 2. The molecule has 128 valence electrons. The predicted molar refractivity (Wildman–Crippen MR) is 99.8 cm³/mol. The average Bonchev–Trinajstić information content (AvgIpc) is 2.64. The number of carboxylic acid groups (broad SMARTS) is 1. The maximum absolute atomic E-state index is 11.7. The van der Waals surface area contributed by atoms with Gasteiger partial charge in [0.2, 0.25) is 0 Å². The highest BCUT2D eigenvalue weighted by atomic mass is 32.2. The molecule has 1 saturated carbocycles. The molecule has 1 N–H and O–H groups in total. The van der Waals surface area contributed by atoms with Gasteiger partial charge in [-0.25, -0.2) is 4.98 Å². The Morgan fingerprint density at radius 3 is 2.50 bits per heavy atom. The van der Waals surface area contributed by atoms with E-state index in [1.165, 1.54) is 11.8 Å². The minimum atomic E-state index is -0.812. The fraction of sp³-hybridized carbons (Fsp3) is 0.200. The quantitative estimate of drug-likeness (QED) is 0.747. The van der Waals surface area contributed by atoms with E-state index in [1.54, 1.807) is 18.5 Å². The number of aromatic nitrogens is 2. The summed E-state index contributed by atoms with van der Waals surface area (Å²) in [5, 5.41) is 21.4. The van der Waals surface area contributed by atoms with Crippen LogP contribution in [0.4, 0.5) is 0 Å². The van der Waals surface area contributed by atoms with Gasteiger partial charge in [-0.1, -0.05) is 42.1 Å². The first-order chi connectivity index (χ1) is 12.6. The van der Waals surface area contributed by atoms with Crippen LogP contribution in [0.2, 0.25) is 0 Å². The van der Waals surface area contributed by atoms with Gasteiger partial charge in [0.1, 0.15) is 15.5 Å². The third-order valence-corrected chi connectivity index (χ3v) is 6.27. The molecule has 0 amide bonds. The fourth-order valence-corrected chi connectivity index (χ4v) is 4.55. The van der Waals surface area contributed by atoms with Crippen molar-refractivity contribution < 1.29 is 9.90 Å². The lowest BCUT2D eigenvalue weighted by Gasteiger charge is -2.36. The molecule has 0 atom stereocenters. The number of carboxylic acids is 1. The van der Waals surface area contributed by atoms with Crippen LogP contribution < -0.4 is 0 Å². The van der Waals surface area contributed by atoms with E-state index in [0.717, 1.165) is 22.8 Å². The molecule has 4 rings (SSSR count). The van der Waals surface area contributed by atoms with Crippen LogP contribution in [0.1, 0.15) is 24.8 Å². The third kappa shape index (κ3) is 2.61. The molecule has 0 aliphatic heterocycles. The van der Waals surface area contributed by atoms with E-state index < -0.39 is 10.7 Å². The van der Waals surface area contributed by atoms with Crippen LogP contribution in [-0.4, -0.2) is 25.8 Å². The molecular weight excluding hydrogens is 346 g/mol. The topological polar surface area (TPSA) is 86.9 Å². The first-order valence-electron chi connectivity index (χ1n) is 8.30. The predicted octanol–water partition coefficient (Wildman–Crippen LogP) is 4.27. The Balaban J connectivity index is 1.87. The Hall–Kier alpha value is -2.91. The van der Waals surface area contributed by atoms with Gasteiger partial charge in [-0.05, 0) is 30.7 Å². The second-order valence-electron chi connectivity index (χ2n) is 6.28. The summed E-state index contributed by atoms with van der Waals surface area (Å²) in [5.41, 5.74) is 2.12. The number of hydrogen-bond acceptors (Lipinski definition) is 5. The second kappa shape index (κ2) is 6.43. The smallest absolute Gasteiger partial charge is 0.320 e. The molecule has 1 heterocycles. The zero-order chi connectivity index (χ0) is 18.1. The Morgan fingerprint density at radius 1 is 1.12 bits per heavy atom. The fourth-order valence-electron chi connectivity index (χ4n) is 3.23. The van der Waals surface area contributed by atoms with E-state index >= 15 is 0 Å². The molecule has 1 fully saturated rings. The molecule has 0 bridgehead atoms. The lowest BCUT2D eigenvalue weighted by Crippen LogP contribution is -2.41. The van der Waals surface area contributed by atoms with E-state index in [2.05, 4.69) is 16.0 Å². The molecule has 0 saturated heterocycles. The average molecular weight is 361 g/mol. The summed E-state index contributed by atoms with van der Waals surface area (Å²) in [5.74, 6) is -0.796.